The third-order valence-corrected chi connectivity index (χ3v) is 5.75. The van der Waals surface area contributed by atoms with Crippen molar-refractivity contribution in [1.29, 1.82) is 0 Å². The first-order chi connectivity index (χ1) is 15.1. The number of amides is 1. The van der Waals surface area contributed by atoms with Crippen LogP contribution in [0.15, 0.2) is 12.7 Å². The molecule has 0 heterocycles. The van der Waals surface area contributed by atoms with Crippen LogP contribution in [-0.4, -0.2) is 29.9 Å². The molecule has 2 atom stereocenters. The van der Waals surface area contributed by atoms with Crippen LogP contribution in [0.1, 0.15) is 110 Å². The molecule has 6 heteroatoms. The molecule has 0 rings (SSSR count). The summed E-state index contributed by atoms with van der Waals surface area (Å²) in [6, 6.07) is 0. The van der Waals surface area contributed by atoms with E-state index in [1.807, 2.05) is 0 Å². The van der Waals surface area contributed by atoms with E-state index in [0.29, 0.717) is 19.3 Å². The molecular formula is C25H45NO5. The van der Waals surface area contributed by atoms with E-state index in [0.717, 1.165) is 57.3 Å². The predicted molar refractivity (Wildman–Crippen MR) is 124 cm³/mol. The SMILES string of the molecule is C=CC(=O)ONC(=O)C(CCCO)CCCCCCC(C=O)CCCCCCCCC. The first kappa shape index (κ1) is 29.3. The summed E-state index contributed by atoms with van der Waals surface area (Å²) in [5, 5.41) is 9.04. The average molecular weight is 440 g/mol. The monoisotopic (exact) mass is 439 g/mol. The fourth-order valence-corrected chi connectivity index (χ4v) is 3.76. The van der Waals surface area contributed by atoms with Crippen LogP contribution in [0.4, 0.5) is 0 Å². The van der Waals surface area contributed by atoms with E-state index in [-0.39, 0.29) is 24.3 Å². The molecule has 0 bridgehead atoms. The van der Waals surface area contributed by atoms with Crippen molar-refractivity contribution in [2.24, 2.45) is 11.8 Å². The Balaban J connectivity index is 3.93. The van der Waals surface area contributed by atoms with E-state index in [1.165, 1.54) is 38.5 Å². The number of hydroxylamine groups is 1. The van der Waals surface area contributed by atoms with Crippen molar-refractivity contribution in [2.75, 3.05) is 6.61 Å². The number of unbranched alkanes of at least 4 members (excludes halogenated alkanes) is 9. The number of carbonyl (C=O) groups excluding carboxylic acids is 3. The molecule has 2 unspecified atom stereocenters. The van der Waals surface area contributed by atoms with E-state index < -0.39 is 5.97 Å². The van der Waals surface area contributed by atoms with Gasteiger partial charge in [0.15, 0.2) is 0 Å². The molecule has 0 saturated heterocycles. The topological polar surface area (TPSA) is 92.7 Å². The fraction of sp³-hybridized carbons (Fsp3) is 0.800. The van der Waals surface area contributed by atoms with Gasteiger partial charge in [0, 0.05) is 24.5 Å². The molecule has 0 spiro atoms. The number of aliphatic hydroxyl groups excluding tert-OH is 1. The van der Waals surface area contributed by atoms with E-state index in [9.17, 15) is 14.4 Å². The lowest BCUT2D eigenvalue weighted by Crippen LogP contribution is -2.32. The lowest BCUT2D eigenvalue weighted by Gasteiger charge is -2.15. The predicted octanol–water partition coefficient (Wildman–Crippen LogP) is 5.43. The molecule has 1 amide bonds. The normalized spacial score (nSPS) is 12.7. The minimum absolute atomic E-state index is 0.0298. The van der Waals surface area contributed by atoms with Gasteiger partial charge in [-0.25, -0.2) is 4.79 Å². The lowest BCUT2D eigenvalue weighted by atomic mass is 9.93. The highest BCUT2D eigenvalue weighted by Crippen LogP contribution is 2.20. The largest absolute Gasteiger partial charge is 0.396 e. The number of carbonyl (C=O) groups is 3. The van der Waals surface area contributed by atoms with Gasteiger partial charge in [-0.3, -0.25) is 4.79 Å². The van der Waals surface area contributed by atoms with Gasteiger partial charge >= 0.3 is 5.97 Å². The zero-order valence-electron chi connectivity index (χ0n) is 19.6. The Labute approximate surface area is 189 Å². The molecule has 0 aliphatic rings. The van der Waals surface area contributed by atoms with Crippen molar-refractivity contribution in [3.63, 3.8) is 0 Å². The third kappa shape index (κ3) is 17.7. The van der Waals surface area contributed by atoms with Gasteiger partial charge in [0.1, 0.15) is 6.29 Å². The maximum Gasteiger partial charge on any atom is 0.355 e. The molecule has 0 radical (unpaired) electrons. The minimum atomic E-state index is -0.699. The Morgan fingerprint density at radius 1 is 0.871 bits per heavy atom. The van der Waals surface area contributed by atoms with Crippen molar-refractivity contribution in [2.45, 2.75) is 110 Å². The molecule has 2 N–H and O–H groups in total. The Morgan fingerprint density at radius 2 is 1.39 bits per heavy atom. The zero-order valence-corrected chi connectivity index (χ0v) is 19.6. The highest BCUT2D eigenvalue weighted by atomic mass is 16.7. The number of aldehydes is 1. The lowest BCUT2D eigenvalue weighted by molar-refractivity contribution is -0.155. The number of aliphatic hydroxyl groups is 1. The van der Waals surface area contributed by atoms with Crippen molar-refractivity contribution < 1.29 is 24.3 Å². The molecule has 0 aliphatic heterocycles. The second-order valence-corrected chi connectivity index (χ2v) is 8.45. The number of hydrogen-bond donors (Lipinski definition) is 2. The quantitative estimate of drug-likeness (QED) is 0.108. The summed E-state index contributed by atoms with van der Waals surface area (Å²) in [6.07, 6.45) is 18.7. The van der Waals surface area contributed by atoms with Crippen LogP contribution in [0.25, 0.3) is 0 Å². The number of hydrogen-bond acceptors (Lipinski definition) is 5. The first-order valence-corrected chi connectivity index (χ1v) is 12.3. The van der Waals surface area contributed by atoms with Gasteiger partial charge in [-0.2, -0.15) is 5.48 Å². The van der Waals surface area contributed by atoms with Crippen molar-refractivity contribution in [3.8, 4) is 0 Å². The van der Waals surface area contributed by atoms with Crippen molar-refractivity contribution in [1.82, 2.24) is 5.48 Å². The second-order valence-electron chi connectivity index (χ2n) is 8.45. The molecule has 31 heavy (non-hydrogen) atoms. The van der Waals surface area contributed by atoms with Crippen LogP contribution in [0.3, 0.4) is 0 Å². The van der Waals surface area contributed by atoms with Crippen LogP contribution < -0.4 is 5.48 Å². The standard InChI is InChI=1S/C25H45NO5/c1-3-5-6-7-8-9-12-16-22(21-28)17-13-10-11-14-18-23(19-15-20-27)25(30)26-31-24(29)4-2/h4,21-23,27H,2-3,5-20H2,1H3,(H,26,30). The van der Waals surface area contributed by atoms with Gasteiger partial charge < -0.3 is 14.7 Å². The smallest absolute Gasteiger partial charge is 0.355 e. The molecule has 0 fully saturated rings. The summed E-state index contributed by atoms with van der Waals surface area (Å²) in [5.41, 5.74) is 2.18. The zero-order chi connectivity index (χ0) is 23.2. The Bertz CT molecular complexity index is 481. The van der Waals surface area contributed by atoms with E-state index in [1.54, 1.807) is 0 Å². The molecule has 0 saturated carbocycles. The summed E-state index contributed by atoms with van der Waals surface area (Å²) in [6.45, 7) is 5.54. The van der Waals surface area contributed by atoms with Crippen LogP contribution in [0.5, 0.6) is 0 Å². The molecule has 0 aliphatic carbocycles. The minimum Gasteiger partial charge on any atom is -0.396 e. The van der Waals surface area contributed by atoms with Crippen molar-refractivity contribution >= 4 is 18.2 Å². The molecule has 0 aromatic rings. The van der Waals surface area contributed by atoms with Crippen LogP contribution in [-0.2, 0) is 19.2 Å². The molecular weight excluding hydrogens is 394 g/mol. The van der Waals surface area contributed by atoms with Crippen LogP contribution in [0.2, 0.25) is 0 Å². The molecule has 0 aromatic carbocycles. The Morgan fingerprint density at radius 3 is 1.90 bits per heavy atom. The van der Waals surface area contributed by atoms with E-state index in [4.69, 9.17) is 5.11 Å². The van der Waals surface area contributed by atoms with E-state index in [2.05, 4.69) is 23.8 Å². The maximum atomic E-state index is 12.2. The third-order valence-electron chi connectivity index (χ3n) is 5.75. The van der Waals surface area contributed by atoms with Crippen molar-refractivity contribution in [3.05, 3.63) is 12.7 Å². The summed E-state index contributed by atoms with van der Waals surface area (Å²) < 4.78 is 0. The van der Waals surface area contributed by atoms with Gasteiger partial charge in [0.2, 0.25) is 0 Å². The number of rotatable bonds is 21. The van der Waals surface area contributed by atoms with Gasteiger partial charge in [-0.1, -0.05) is 84.1 Å². The molecule has 180 valence electrons. The van der Waals surface area contributed by atoms with Gasteiger partial charge in [-0.05, 0) is 32.1 Å². The van der Waals surface area contributed by atoms with Crippen LogP contribution in [0, 0.1) is 11.8 Å². The highest BCUT2D eigenvalue weighted by Gasteiger charge is 2.19. The van der Waals surface area contributed by atoms with Gasteiger partial charge in [0.05, 0.1) is 0 Å². The summed E-state index contributed by atoms with van der Waals surface area (Å²) in [5.74, 6) is -1.14. The highest BCUT2D eigenvalue weighted by molar-refractivity contribution is 5.84. The first-order valence-electron chi connectivity index (χ1n) is 12.3. The average Bonchev–Trinajstić information content (AvgIpc) is 2.79. The maximum absolute atomic E-state index is 12.2. The summed E-state index contributed by atoms with van der Waals surface area (Å²) >= 11 is 0. The Hall–Kier alpha value is -1.69. The second kappa shape index (κ2) is 21.5. The molecule has 6 nitrogen and oxygen atoms in total. The van der Waals surface area contributed by atoms with Gasteiger partial charge in [-0.15, -0.1) is 0 Å². The summed E-state index contributed by atoms with van der Waals surface area (Å²) in [4.78, 5) is 39.2. The van der Waals surface area contributed by atoms with Crippen LogP contribution >= 0.6 is 0 Å². The molecule has 0 aromatic heterocycles. The van der Waals surface area contributed by atoms with Gasteiger partial charge in [0.25, 0.3) is 5.91 Å². The fourth-order valence-electron chi connectivity index (χ4n) is 3.76. The summed E-state index contributed by atoms with van der Waals surface area (Å²) in [7, 11) is 0. The number of nitrogens with one attached hydrogen (secondary N) is 1. The van der Waals surface area contributed by atoms with E-state index >= 15 is 0 Å². The Kier molecular flexibility index (Phi) is 20.4.